The first-order valence-corrected chi connectivity index (χ1v) is 24.1. The van der Waals surface area contributed by atoms with Crippen molar-refractivity contribution in [1.29, 1.82) is 0 Å². The molecular formula is C56H32S4. The third-order valence-electron chi connectivity index (χ3n) is 14.2. The van der Waals surface area contributed by atoms with Gasteiger partial charge in [0.15, 0.2) is 0 Å². The molecule has 9 aromatic carbocycles. The molecule has 0 spiro atoms. The highest BCUT2D eigenvalue weighted by atomic mass is 32.2. The van der Waals surface area contributed by atoms with E-state index in [0.717, 1.165) is 0 Å². The molecule has 0 radical (unpaired) electrons. The van der Waals surface area contributed by atoms with Crippen molar-refractivity contribution >= 4 is 77.1 Å². The van der Waals surface area contributed by atoms with E-state index in [-0.39, 0.29) is 23.7 Å². The van der Waals surface area contributed by atoms with E-state index in [1.165, 1.54) is 127 Å². The molecule has 0 unspecified atom stereocenters. The molecule has 0 amide bonds. The van der Waals surface area contributed by atoms with Crippen molar-refractivity contribution in [2.75, 3.05) is 0 Å². The molecule has 0 nitrogen and oxygen atoms in total. The summed E-state index contributed by atoms with van der Waals surface area (Å²) in [5.41, 5.74) is 17.6. The standard InChI is InChI=1S/C56H32S4/c1-2-14-30-29(13-1)49-31-15-3-4-16-32(31)50(30)38-26-42-41(25-37(38)49)53(55-57-45-21-9-10-22-46(45)58-55)43-27-39-40(28-44(43)54(42)56-59-47-23-11-12-24-48(47)60-56)52-35-19-7-5-17-33(35)51(39)34-18-6-8-20-36(34)52/h1-28,49-52H. The van der Waals surface area contributed by atoms with Crippen molar-refractivity contribution in [3.05, 3.63) is 247 Å². The van der Waals surface area contributed by atoms with Gasteiger partial charge in [0.25, 0.3) is 0 Å². The van der Waals surface area contributed by atoms with Crippen LogP contribution in [-0.2, 0) is 0 Å². The Balaban J connectivity index is 1.13. The van der Waals surface area contributed by atoms with Crippen LogP contribution in [0.15, 0.2) is 189 Å². The van der Waals surface area contributed by atoms with Crippen LogP contribution in [0, 0.1) is 0 Å². The van der Waals surface area contributed by atoms with Crippen LogP contribution in [0.3, 0.4) is 0 Å². The molecule has 8 aliphatic rings. The summed E-state index contributed by atoms with van der Waals surface area (Å²) in [5, 5.41) is 8.33. The molecule has 0 saturated heterocycles. The quantitative estimate of drug-likeness (QED) is 0.140. The van der Waals surface area contributed by atoms with Gasteiger partial charge in [0, 0.05) is 53.7 Å². The van der Waals surface area contributed by atoms with Crippen LogP contribution in [0.1, 0.15) is 90.4 Å². The summed E-state index contributed by atoms with van der Waals surface area (Å²) in [7, 11) is 0. The second kappa shape index (κ2) is 12.1. The molecule has 280 valence electrons. The lowest BCUT2D eigenvalue weighted by Crippen LogP contribution is -2.29. The molecule has 60 heavy (non-hydrogen) atoms. The Hall–Kier alpha value is -5.36. The van der Waals surface area contributed by atoms with Crippen LogP contribution in [0.5, 0.6) is 0 Å². The summed E-state index contributed by atoms with van der Waals surface area (Å²) in [6.45, 7) is 0. The monoisotopic (exact) mass is 832 g/mol. The van der Waals surface area contributed by atoms with Crippen molar-refractivity contribution in [3.63, 3.8) is 0 Å². The van der Waals surface area contributed by atoms with Gasteiger partial charge in [-0.1, -0.05) is 168 Å². The summed E-state index contributed by atoms with van der Waals surface area (Å²) < 4.78 is 2.78. The van der Waals surface area contributed by atoms with E-state index in [1.54, 1.807) is 0 Å². The predicted octanol–water partition coefficient (Wildman–Crippen LogP) is 13.9. The fourth-order valence-electron chi connectivity index (χ4n) is 11.9. The average molecular weight is 833 g/mol. The number of rotatable bonds is 0. The Morgan fingerprint density at radius 1 is 0.233 bits per heavy atom. The van der Waals surface area contributed by atoms with Crippen molar-refractivity contribution < 1.29 is 0 Å². The molecule has 0 N–H and O–H groups in total. The molecule has 2 heterocycles. The van der Waals surface area contributed by atoms with Crippen LogP contribution >= 0.6 is 47.0 Å². The maximum atomic E-state index is 2.66. The Morgan fingerprint density at radius 2 is 0.433 bits per heavy atom. The van der Waals surface area contributed by atoms with E-state index in [2.05, 4.69) is 170 Å². The van der Waals surface area contributed by atoms with Gasteiger partial charge in [-0.3, -0.25) is 0 Å². The van der Waals surface area contributed by atoms with Crippen LogP contribution < -0.4 is 10.4 Å². The highest BCUT2D eigenvalue weighted by Crippen LogP contribution is 2.59. The SMILES string of the molecule is c1ccc2c(c1)SC(=c1c3cc4c(cc3c(=C3Sc5ccccc5S3)c3cc5c(cc13)C1c3ccccc3C5c3ccccc31)C1c3ccccc3C4c3ccccc31)S2. The zero-order chi connectivity index (χ0) is 38.8. The average Bonchev–Trinajstić information content (AvgIpc) is 3.94. The maximum absolute atomic E-state index is 2.66. The van der Waals surface area contributed by atoms with E-state index in [0.29, 0.717) is 0 Å². The lowest BCUT2D eigenvalue weighted by atomic mass is 9.60. The van der Waals surface area contributed by atoms with Crippen molar-refractivity contribution in [1.82, 2.24) is 0 Å². The molecule has 6 aliphatic carbocycles. The number of hydrogen-bond donors (Lipinski definition) is 0. The molecular weight excluding hydrogens is 801 g/mol. The second-order valence-corrected chi connectivity index (χ2v) is 21.7. The van der Waals surface area contributed by atoms with E-state index in [1.807, 2.05) is 47.0 Å². The van der Waals surface area contributed by atoms with Gasteiger partial charge < -0.3 is 0 Å². The highest BCUT2D eigenvalue weighted by Gasteiger charge is 2.43. The van der Waals surface area contributed by atoms with Gasteiger partial charge in [0.05, 0.1) is 8.47 Å². The minimum Gasteiger partial charge on any atom is -0.0809 e. The van der Waals surface area contributed by atoms with Crippen LogP contribution in [0.2, 0.25) is 0 Å². The summed E-state index contributed by atoms with van der Waals surface area (Å²) in [5.74, 6) is 0.831. The fourth-order valence-corrected chi connectivity index (χ4v) is 17.1. The molecule has 9 aromatic rings. The van der Waals surface area contributed by atoms with Crippen LogP contribution in [0.25, 0.3) is 30.0 Å². The first-order valence-electron chi connectivity index (χ1n) is 20.9. The van der Waals surface area contributed by atoms with Crippen LogP contribution in [0.4, 0.5) is 0 Å². The molecule has 0 fully saturated rings. The van der Waals surface area contributed by atoms with Crippen molar-refractivity contribution in [2.24, 2.45) is 0 Å². The molecule has 2 aliphatic heterocycles. The topological polar surface area (TPSA) is 0 Å². The zero-order valence-corrected chi connectivity index (χ0v) is 35.4. The Labute approximate surface area is 364 Å². The predicted molar refractivity (Wildman–Crippen MR) is 253 cm³/mol. The molecule has 0 atom stereocenters. The summed E-state index contributed by atoms with van der Waals surface area (Å²) in [6.07, 6.45) is 0. The van der Waals surface area contributed by atoms with Gasteiger partial charge in [0.1, 0.15) is 0 Å². The van der Waals surface area contributed by atoms with Crippen molar-refractivity contribution in [2.45, 2.75) is 43.3 Å². The smallest absolute Gasteiger partial charge is 0.0584 e. The number of fused-ring (bicyclic) bond motifs is 4. The first-order chi connectivity index (χ1) is 29.8. The highest BCUT2D eigenvalue weighted by molar-refractivity contribution is 8.32. The summed E-state index contributed by atoms with van der Waals surface area (Å²) >= 11 is 7.88. The first kappa shape index (κ1) is 33.4. The number of benzene rings is 9. The fraction of sp³-hybridized carbons (Fsp3) is 0.0714. The van der Waals surface area contributed by atoms with E-state index >= 15 is 0 Å². The van der Waals surface area contributed by atoms with Crippen LogP contribution in [-0.4, -0.2) is 0 Å². The van der Waals surface area contributed by atoms with Gasteiger partial charge in [-0.2, -0.15) is 0 Å². The van der Waals surface area contributed by atoms with E-state index in [9.17, 15) is 0 Å². The normalized spacial score (nSPS) is 20.3. The number of hydrogen-bond acceptors (Lipinski definition) is 4. The Kier molecular flexibility index (Phi) is 6.75. The minimum atomic E-state index is 0.208. The third kappa shape index (κ3) is 4.30. The molecule has 0 saturated carbocycles. The van der Waals surface area contributed by atoms with Gasteiger partial charge in [-0.25, -0.2) is 0 Å². The van der Waals surface area contributed by atoms with E-state index in [4.69, 9.17) is 0 Å². The van der Waals surface area contributed by atoms with Gasteiger partial charge in [0.2, 0.25) is 0 Å². The number of thioether (sulfide) groups is 4. The van der Waals surface area contributed by atoms with Crippen molar-refractivity contribution in [3.8, 4) is 0 Å². The van der Waals surface area contributed by atoms with Gasteiger partial charge in [-0.05, 0) is 137 Å². The summed E-state index contributed by atoms with van der Waals surface area (Å²) in [4.78, 5) is 5.42. The Morgan fingerprint density at radius 3 is 0.650 bits per heavy atom. The lowest BCUT2D eigenvalue weighted by Gasteiger charge is -2.43. The largest absolute Gasteiger partial charge is 0.0809 e. The zero-order valence-electron chi connectivity index (χ0n) is 32.1. The van der Waals surface area contributed by atoms with E-state index < -0.39 is 0 Å². The maximum Gasteiger partial charge on any atom is 0.0584 e. The molecule has 4 bridgehead atoms. The minimum absolute atomic E-state index is 0.208. The van der Waals surface area contributed by atoms with Gasteiger partial charge in [-0.15, -0.1) is 0 Å². The molecule has 0 aromatic heterocycles. The Bertz CT molecular complexity index is 3040. The van der Waals surface area contributed by atoms with Gasteiger partial charge >= 0.3 is 0 Å². The molecule has 17 rings (SSSR count). The second-order valence-electron chi connectivity index (χ2n) is 16.9. The summed E-state index contributed by atoms with van der Waals surface area (Å²) in [6, 6.07) is 65.8. The lowest BCUT2D eigenvalue weighted by molar-refractivity contribution is 0.756. The third-order valence-corrected chi connectivity index (χ3v) is 19.3. The molecule has 4 heteroatoms.